The molecule has 1 aromatic rings. The third-order valence-corrected chi connectivity index (χ3v) is 4.17. The summed E-state index contributed by atoms with van der Waals surface area (Å²) in [6.07, 6.45) is 1.96. The molecule has 0 heterocycles. The predicted molar refractivity (Wildman–Crippen MR) is 89.1 cm³/mol. The molecule has 1 atom stereocenters. The Morgan fingerprint density at radius 2 is 1.89 bits per heavy atom. The van der Waals surface area contributed by atoms with Crippen LogP contribution in [-0.2, 0) is 5.41 Å². The molecular formula is C17H27NS. The van der Waals surface area contributed by atoms with E-state index in [4.69, 9.17) is 0 Å². The van der Waals surface area contributed by atoms with Gasteiger partial charge in [0, 0.05) is 24.1 Å². The van der Waals surface area contributed by atoms with Gasteiger partial charge in [-0.25, -0.2) is 0 Å². The lowest BCUT2D eigenvalue weighted by atomic mass is 9.86. The van der Waals surface area contributed by atoms with Crippen molar-refractivity contribution in [3.05, 3.63) is 48.0 Å². The van der Waals surface area contributed by atoms with Gasteiger partial charge >= 0.3 is 0 Å². The molecule has 0 aliphatic carbocycles. The maximum atomic E-state index is 3.73. The normalized spacial score (nSPS) is 13.3. The molecule has 0 saturated heterocycles. The molecule has 1 unspecified atom stereocenters. The minimum Gasteiger partial charge on any atom is -0.309 e. The summed E-state index contributed by atoms with van der Waals surface area (Å²) in [4.78, 5) is 0. The van der Waals surface area contributed by atoms with Crippen molar-refractivity contribution in [2.45, 2.75) is 39.2 Å². The average Bonchev–Trinajstić information content (AvgIpc) is 2.37. The van der Waals surface area contributed by atoms with Crippen molar-refractivity contribution in [3.8, 4) is 0 Å². The molecule has 0 spiro atoms. The summed E-state index contributed by atoms with van der Waals surface area (Å²) < 4.78 is 0. The Labute approximate surface area is 122 Å². The zero-order valence-corrected chi connectivity index (χ0v) is 13.5. The molecule has 0 aliphatic heterocycles. The highest BCUT2D eigenvalue weighted by molar-refractivity contribution is 7.99. The molecule has 0 aliphatic rings. The van der Waals surface area contributed by atoms with Gasteiger partial charge in [0.15, 0.2) is 0 Å². The standard InChI is InChI=1S/C17H27NS/c1-6-12-19-13-11-18-14(2)15-7-9-16(10-8-15)17(3,4)5/h6-10,14,18H,1,11-13H2,2-5H3. The van der Waals surface area contributed by atoms with E-state index in [1.165, 1.54) is 11.1 Å². The van der Waals surface area contributed by atoms with Crippen LogP contribution in [0.5, 0.6) is 0 Å². The van der Waals surface area contributed by atoms with Crippen LogP contribution in [0.2, 0.25) is 0 Å². The fourth-order valence-corrected chi connectivity index (χ4v) is 2.50. The second kappa shape index (κ2) is 7.76. The summed E-state index contributed by atoms with van der Waals surface area (Å²) >= 11 is 1.92. The first-order valence-electron chi connectivity index (χ1n) is 6.97. The van der Waals surface area contributed by atoms with E-state index < -0.39 is 0 Å². The summed E-state index contributed by atoms with van der Waals surface area (Å²) in [6.45, 7) is 13.7. The molecule has 0 fully saturated rings. The quantitative estimate of drug-likeness (QED) is 0.579. The fraction of sp³-hybridized carbons (Fsp3) is 0.529. The fourth-order valence-electron chi connectivity index (χ4n) is 1.90. The molecule has 2 heteroatoms. The maximum absolute atomic E-state index is 3.73. The van der Waals surface area contributed by atoms with Gasteiger partial charge in [0.05, 0.1) is 0 Å². The minimum absolute atomic E-state index is 0.233. The topological polar surface area (TPSA) is 12.0 Å². The van der Waals surface area contributed by atoms with E-state index in [1.54, 1.807) is 0 Å². The van der Waals surface area contributed by atoms with Gasteiger partial charge < -0.3 is 5.32 Å². The Morgan fingerprint density at radius 3 is 2.42 bits per heavy atom. The van der Waals surface area contributed by atoms with Gasteiger partial charge in [0.1, 0.15) is 0 Å². The second-order valence-electron chi connectivity index (χ2n) is 5.91. The number of rotatable bonds is 7. The van der Waals surface area contributed by atoms with E-state index in [1.807, 2.05) is 17.8 Å². The van der Waals surface area contributed by atoms with Crippen molar-refractivity contribution in [2.24, 2.45) is 0 Å². The molecule has 0 radical (unpaired) electrons. The van der Waals surface area contributed by atoms with Crippen LogP contribution in [0.3, 0.4) is 0 Å². The SMILES string of the molecule is C=CCSCCNC(C)c1ccc(C(C)(C)C)cc1. The van der Waals surface area contributed by atoms with Gasteiger partial charge in [-0.15, -0.1) is 6.58 Å². The number of benzene rings is 1. The first-order chi connectivity index (χ1) is 8.95. The van der Waals surface area contributed by atoms with E-state index in [0.29, 0.717) is 6.04 Å². The van der Waals surface area contributed by atoms with Crippen LogP contribution in [0, 0.1) is 0 Å². The third kappa shape index (κ3) is 5.84. The molecule has 0 bridgehead atoms. The maximum Gasteiger partial charge on any atom is 0.0292 e. The van der Waals surface area contributed by atoms with E-state index >= 15 is 0 Å². The second-order valence-corrected chi connectivity index (χ2v) is 7.06. The number of hydrogen-bond acceptors (Lipinski definition) is 2. The first-order valence-corrected chi connectivity index (χ1v) is 8.13. The van der Waals surface area contributed by atoms with Crippen molar-refractivity contribution in [3.63, 3.8) is 0 Å². The number of thioether (sulfide) groups is 1. The monoisotopic (exact) mass is 277 g/mol. The van der Waals surface area contributed by atoms with Gasteiger partial charge in [-0.05, 0) is 23.5 Å². The highest BCUT2D eigenvalue weighted by Crippen LogP contribution is 2.23. The highest BCUT2D eigenvalue weighted by atomic mass is 32.2. The van der Waals surface area contributed by atoms with Crippen molar-refractivity contribution in [1.29, 1.82) is 0 Å². The summed E-state index contributed by atoms with van der Waals surface area (Å²) in [5.41, 5.74) is 2.99. The number of hydrogen-bond donors (Lipinski definition) is 1. The van der Waals surface area contributed by atoms with Gasteiger partial charge in [0.2, 0.25) is 0 Å². The van der Waals surface area contributed by atoms with Crippen LogP contribution in [0.25, 0.3) is 0 Å². The van der Waals surface area contributed by atoms with Crippen LogP contribution in [0.1, 0.15) is 44.9 Å². The van der Waals surface area contributed by atoms with Crippen LogP contribution < -0.4 is 5.32 Å². The largest absolute Gasteiger partial charge is 0.309 e. The summed E-state index contributed by atoms with van der Waals surface area (Å²) in [6, 6.07) is 9.41. The van der Waals surface area contributed by atoms with Crippen molar-refractivity contribution in [2.75, 3.05) is 18.1 Å². The zero-order chi connectivity index (χ0) is 14.3. The molecule has 1 aromatic carbocycles. The molecule has 1 N–H and O–H groups in total. The van der Waals surface area contributed by atoms with Gasteiger partial charge in [-0.3, -0.25) is 0 Å². The van der Waals surface area contributed by atoms with E-state index in [2.05, 4.69) is 63.9 Å². The van der Waals surface area contributed by atoms with E-state index in [0.717, 1.165) is 18.1 Å². The summed E-state index contributed by atoms with van der Waals surface area (Å²) in [5.74, 6) is 2.17. The lowest BCUT2D eigenvalue weighted by Gasteiger charge is -2.20. The minimum atomic E-state index is 0.233. The van der Waals surface area contributed by atoms with Gasteiger partial charge in [-0.1, -0.05) is 51.1 Å². The molecule has 0 aromatic heterocycles. The van der Waals surface area contributed by atoms with Crippen LogP contribution >= 0.6 is 11.8 Å². The Kier molecular flexibility index (Phi) is 6.67. The van der Waals surface area contributed by atoms with Crippen LogP contribution in [0.4, 0.5) is 0 Å². The van der Waals surface area contributed by atoms with Crippen molar-refractivity contribution >= 4 is 11.8 Å². The highest BCUT2D eigenvalue weighted by Gasteiger charge is 2.13. The summed E-state index contributed by atoms with van der Waals surface area (Å²) in [5, 5.41) is 3.56. The Bertz CT molecular complexity index is 375. The van der Waals surface area contributed by atoms with Crippen molar-refractivity contribution in [1.82, 2.24) is 5.32 Å². The molecule has 19 heavy (non-hydrogen) atoms. The Hall–Kier alpha value is -0.730. The van der Waals surface area contributed by atoms with Gasteiger partial charge in [-0.2, -0.15) is 11.8 Å². The van der Waals surface area contributed by atoms with Crippen LogP contribution in [0.15, 0.2) is 36.9 Å². The van der Waals surface area contributed by atoms with E-state index in [9.17, 15) is 0 Å². The van der Waals surface area contributed by atoms with Crippen molar-refractivity contribution < 1.29 is 0 Å². The average molecular weight is 277 g/mol. The summed E-state index contributed by atoms with van der Waals surface area (Å²) in [7, 11) is 0. The smallest absolute Gasteiger partial charge is 0.0292 e. The number of nitrogens with one attached hydrogen (secondary N) is 1. The van der Waals surface area contributed by atoms with Gasteiger partial charge in [0.25, 0.3) is 0 Å². The molecule has 1 rings (SSSR count). The lowest BCUT2D eigenvalue weighted by molar-refractivity contribution is 0.583. The zero-order valence-electron chi connectivity index (χ0n) is 12.7. The van der Waals surface area contributed by atoms with E-state index in [-0.39, 0.29) is 5.41 Å². The molecule has 1 nitrogen and oxygen atoms in total. The molecule has 0 amide bonds. The first kappa shape index (κ1) is 16.3. The lowest BCUT2D eigenvalue weighted by Crippen LogP contribution is -2.21. The third-order valence-electron chi connectivity index (χ3n) is 3.21. The molecular weight excluding hydrogens is 250 g/mol. The van der Waals surface area contributed by atoms with Crippen LogP contribution in [-0.4, -0.2) is 18.1 Å². The predicted octanol–water partition coefficient (Wildman–Crippen LogP) is 4.55. The molecule has 0 saturated carbocycles. The molecule has 106 valence electrons. The Morgan fingerprint density at radius 1 is 1.26 bits per heavy atom. The Balaban J connectivity index is 2.44.